The average Bonchev–Trinajstić information content (AvgIpc) is 2.68. The van der Waals surface area contributed by atoms with Gasteiger partial charge in [0.2, 0.25) is 5.90 Å². The molecule has 27 heavy (non-hydrogen) atoms. The molecular weight excluding hydrogens is 340 g/mol. The van der Waals surface area contributed by atoms with Crippen LogP contribution in [0.2, 0.25) is 0 Å². The molecule has 150 valence electrons. The van der Waals surface area contributed by atoms with E-state index < -0.39 is 0 Å². The molecule has 1 aliphatic heterocycles. The number of hydrogen-bond donors (Lipinski definition) is 5. The third-order valence-corrected chi connectivity index (χ3v) is 4.81. The SMILES string of the molecule is CNC(/C=C\Nc1cccc(C(=N)OC(C)NC)c1)NC1CCN(C)CC1. The van der Waals surface area contributed by atoms with Gasteiger partial charge in [-0.2, -0.15) is 0 Å². The Balaban J connectivity index is 1.86. The molecule has 0 aliphatic carbocycles. The number of rotatable bonds is 9. The number of benzene rings is 1. The molecule has 2 atom stereocenters. The second-order valence-electron chi connectivity index (χ2n) is 6.97. The molecule has 0 radical (unpaired) electrons. The Morgan fingerprint density at radius 2 is 2.00 bits per heavy atom. The molecule has 1 fully saturated rings. The Morgan fingerprint density at radius 1 is 1.26 bits per heavy atom. The van der Waals surface area contributed by atoms with Gasteiger partial charge >= 0.3 is 0 Å². The number of anilines is 1. The van der Waals surface area contributed by atoms with Crippen molar-refractivity contribution >= 4 is 11.6 Å². The number of hydrogen-bond acceptors (Lipinski definition) is 7. The summed E-state index contributed by atoms with van der Waals surface area (Å²) in [5, 5.41) is 21.2. The van der Waals surface area contributed by atoms with E-state index in [4.69, 9.17) is 10.1 Å². The Bertz CT molecular complexity index is 612. The predicted molar refractivity (Wildman–Crippen MR) is 112 cm³/mol. The quantitative estimate of drug-likeness (QED) is 0.257. The lowest BCUT2D eigenvalue weighted by molar-refractivity contribution is 0.179. The van der Waals surface area contributed by atoms with Crippen molar-refractivity contribution in [1.82, 2.24) is 20.9 Å². The van der Waals surface area contributed by atoms with Crippen LogP contribution in [-0.2, 0) is 4.74 Å². The van der Waals surface area contributed by atoms with Gasteiger partial charge in [0.05, 0.1) is 6.17 Å². The molecular formula is C20H34N6O. The molecule has 1 aliphatic rings. The van der Waals surface area contributed by atoms with E-state index >= 15 is 0 Å². The summed E-state index contributed by atoms with van der Waals surface area (Å²) in [6, 6.07) is 8.21. The van der Waals surface area contributed by atoms with E-state index in [2.05, 4.69) is 39.3 Å². The van der Waals surface area contributed by atoms with Crippen molar-refractivity contribution in [1.29, 1.82) is 5.41 Å². The van der Waals surface area contributed by atoms with Crippen LogP contribution < -0.4 is 21.3 Å². The fourth-order valence-corrected chi connectivity index (χ4v) is 2.96. The first-order valence-corrected chi connectivity index (χ1v) is 9.59. The van der Waals surface area contributed by atoms with Crippen LogP contribution in [-0.4, -0.2) is 63.5 Å². The van der Waals surface area contributed by atoms with E-state index in [0.717, 1.165) is 24.3 Å². The summed E-state index contributed by atoms with van der Waals surface area (Å²) in [6.45, 7) is 4.15. The number of likely N-dealkylation sites (N-methyl/N-ethyl adjacent to an activating group) is 1. The Morgan fingerprint density at radius 3 is 2.67 bits per heavy atom. The van der Waals surface area contributed by atoms with E-state index in [1.807, 2.05) is 44.4 Å². The van der Waals surface area contributed by atoms with Crippen LogP contribution in [0.25, 0.3) is 0 Å². The third-order valence-electron chi connectivity index (χ3n) is 4.81. The van der Waals surface area contributed by atoms with E-state index in [1.54, 1.807) is 7.05 Å². The molecule has 1 saturated heterocycles. The van der Waals surface area contributed by atoms with Crippen molar-refractivity contribution in [2.45, 2.75) is 38.2 Å². The summed E-state index contributed by atoms with van der Waals surface area (Å²) in [4.78, 5) is 2.37. The van der Waals surface area contributed by atoms with Crippen molar-refractivity contribution in [2.75, 3.05) is 39.5 Å². The van der Waals surface area contributed by atoms with Crippen molar-refractivity contribution in [3.63, 3.8) is 0 Å². The van der Waals surface area contributed by atoms with Gasteiger partial charge in [0.1, 0.15) is 6.23 Å². The number of nitrogens with one attached hydrogen (secondary N) is 5. The smallest absolute Gasteiger partial charge is 0.214 e. The molecule has 0 amide bonds. The van der Waals surface area contributed by atoms with Crippen LogP contribution in [0.5, 0.6) is 0 Å². The van der Waals surface area contributed by atoms with Crippen LogP contribution in [0.15, 0.2) is 36.5 Å². The molecule has 0 saturated carbocycles. The van der Waals surface area contributed by atoms with E-state index in [1.165, 1.54) is 12.8 Å². The molecule has 0 aromatic heterocycles. The van der Waals surface area contributed by atoms with Crippen LogP contribution in [0.1, 0.15) is 25.3 Å². The minimum atomic E-state index is -0.198. The summed E-state index contributed by atoms with van der Waals surface area (Å²) in [5.74, 6) is 0.154. The molecule has 2 unspecified atom stereocenters. The zero-order valence-electron chi connectivity index (χ0n) is 16.9. The summed E-state index contributed by atoms with van der Waals surface area (Å²) in [6.07, 6.45) is 6.28. The predicted octanol–water partition coefficient (Wildman–Crippen LogP) is 1.75. The molecule has 7 nitrogen and oxygen atoms in total. The van der Waals surface area contributed by atoms with E-state index in [-0.39, 0.29) is 18.3 Å². The van der Waals surface area contributed by atoms with Gasteiger partial charge in [-0.15, -0.1) is 0 Å². The molecule has 2 rings (SSSR count). The normalized spacial score (nSPS) is 18.4. The van der Waals surface area contributed by atoms with Gasteiger partial charge in [0.25, 0.3) is 0 Å². The zero-order valence-corrected chi connectivity index (χ0v) is 16.9. The summed E-state index contributed by atoms with van der Waals surface area (Å²) >= 11 is 0. The van der Waals surface area contributed by atoms with Crippen LogP contribution in [0.4, 0.5) is 5.69 Å². The largest absolute Gasteiger partial charge is 0.459 e. The number of likely N-dealkylation sites (tertiary alicyclic amines) is 1. The van der Waals surface area contributed by atoms with Gasteiger partial charge in [-0.05, 0) is 84.5 Å². The Labute approximate surface area is 163 Å². The monoisotopic (exact) mass is 374 g/mol. The summed E-state index contributed by atoms with van der Waals surface area (Å²) in [7, 11) is 5.94. The van der Waals surface area contributed by atoms with Crippen molar-refractivity contribution < 1.29 is 4.74 Å². The molecule has 7 heteroatoms. The third kappa shape index (κ3) is 7.30. The first-order chi connectivity index (χ1) is 13.0. The van der Waals surface area contributed by atoms with Gasteiger partial charge in [-0.25, -0.2) is 0 Å². The van der Waals surface area contributed by atoms with Gasteiger partial charge in [-0.1, -0.05) is 6.07 Å². The summed E-state index contributed by atoms with van der Waals surface area (Å²) < 4.78 is 5.50. The molecule has 1 aromatic carbocycles. The minimum absolute atomic E-state index is 0.118. The van der Waals surface area contributed by atoms with Gasteiger partial charge < -0.3 is 20.3 Å². The number of piperidine rings is 1. The highest BCUT2D eigenvalue weighted by Crippen LogP contribution is 2.13. The standard InChI is InChI=1S/C20H34N6O/c1-15(22-2)27-20(21)16-6-5-7-18(14-16)24-11-8-19(23-3)25-17-9-12-26(4)13-10-17/h5-8,11,14-15,17,19,21-25H,9-10,12-13H2,1-4H3/b11-8-,21-20?. The molecule has 1 heterocycles. The topological polar surface area (TPSA) is 84.4 Å². The zero-order chi connectivity index (χ0) is 19.6. The average molecular weight is 375 g/mol. The van der Waals surface area contributed by atoms with E-state index in [9.17, 15) is 0 Å². The number of ether oxygens (including phenoxy) is 1. The lowest BCUT2D eigenvalue weighted by Crippen LogP contribution is -2.49. The Hall–Kier alpha value is -1.93. The highest BCUT2D eigenvalue weighted by molar-refractivity contribution is 5.92. The fraction of sp³-hybridized carbons (Fsp3) is 0.550. The van der Waals surface area contributed by atoms with Crippen LogP contribution in [0, 0.1) is 5.41 Å². The van der Waals surface area contributed by atoms with Crippen LogP contribution in [0.3, 0.4) is 0 Å². The van der Waals surface area contributed by atoms with Crippen molar-refractivity contribution in [3.05, 3.63) is 42.1 Å². The van der Waals surface area contributed by atoms with Gasteiger partial charge in [-0.3, -0.25) is 16.0 Å². The molecule has 0 bridgehead atoms. The second-order valence-corrected chi connectivity index (χ2v) is 6.97. The maximum Gasteiger partial charge on any atom is 0.214 e. The summed E-state index contributed by atoms with van der Waals surface area (Å²) in [5.41, 5.74) is 1.66. The Kier molecular flexibility index (Phi) is 8.74. The van der Waals surface area contributed by atoms with Gasteiger partial charge in [0, 0.05) is 17.3 Å². The lowest BCUT2D eigenvalue weighted by Gasteiger charge is -2.31. The molecule has 5 N–H and O–H groups in total. The lowest BCUT2D eigenvalue weighted by atomic mass is 10.1. The van der Waals surface area contributed by atoms with Crippen molar-refractivity contribution in [2.24, 2.45) is 0 Å². The van der Waals surface area contributed by atoms with Crippen molar-refractivity contribution in [3.8, 4) is 0 Å². The molecule has 1 aromatic rings. The first-order valence-electron chi connectivity index (χ1n) is 9.59. The molecule has 0 spiro atoms. The highest BCUT2D eigenvalue weighted by atomic mass is 16.5. The maximum atomic E-state index is 8.06. The maximum absolute atomic E-state index is 8.06. The fourth-order valence-electron chi connectivity index (χ4n) is 2.96. The minimum Gasteiger partial charge on any atom is -0.459 e. The second kappa shape index (κ2) is 11.0. The highest BCUT2D eigenvalue weighted by Gasteiger charge is 2.18. The first kappa shape index (κ1) is 21.4. The van der Waals surface area contributed by atoms with Crippen LogP contribution >= 0.6 is 0 Å². The van der Waals surface area contributed by atoms with E-state index in [0.29, 0.717) is 6.04 Å². The van der Waals surface area contributed by atoms with Gasteiger partial charge in [0.15, 0.2) is 0 Å². The number of nitrogens with zero attached hydrogens (tertiary/aromatic N) is 1.